The Labute approximate surface area is 163 Å². The second kappa shape index (κ2) is 7.18. The minimum absolute atomic E-state index is 0.0150. The molecule has 1 aromatic carbocycles. The van der Waals surface area contributed by atoms with Gasteiger partial charge < -0.3 is 15.2 Å². The van der Waals surface area contributed by atoms with Crippen LogP contribution in [0.2, 0.25) is 0 Å². The smallest absolute Gasteiger partial charge is 0.422 e. The highest BCUT2D eigenvalue weighted by Gasteiger charge is 2.29. The van der Waals surface area contributed by atoms with E-state index in [2.05, 4.69) is 36.0 Å². The molecule has 0 spiro atoms. The summed E-state index contributed by atoms with van der Waals surface area (Å²) in [7, 11) is 0. The fourth-order valence-electron chi connectivity index (χ4n) is 2.24. The molecular weight excluding hydrogens is 433 g/mol. The predicted molar refractivity (Wildman–Crippen MR) is 93.2 cm³/mol. The summed E-state index contributed by atoms with van der Waals surface area (Å²) in [4.78, 5) is 11.8. The Morgan fingerprint density at radius 2 is 2.11 bits per heavy atom. The number of alkyl halides is 3. The van der Waals surface area contributed by atoms with Gasteiger partial charge >= 0.3 is 6.18 Å². The first-order chi connectivity index (χ1) is 13.9. The largest absolute Gasteiger partial charge is 0.483 e. The van der Waals surface area contributed by atoms with Gasteiger partial charge in [0.1, 0.15) is 30.0 Å². The predicted octanol–water partition coefficient (Wildman–Crippen LogP) is 3.18. The number of nitrogens with zero attached hydrogens (tertiary/aromatic N) is 5. The van der Waals surface area contributed by atoms with Crippen LogP contribution >= 0.6 is 15.9 Å². The third kappa shape index (κ3) is 4.21. The van der Waals surface area contributed by atoms with Crippen molar-refractivity contribution in [1.29, 1.82) is 0 Å². The number of rotatable bonds is 5. The summed E-state index contributed by atoms with van der Waals surface area (Å²) in [6.07, 6.45) is -3.27. The summed E-state index contributed by atoms with van der Waals surface area (Å²) in [5, 5.41) is 4.08. The number of hydrogen-bond donors (Lipinski definition) is 1. The SMILES string of the molecule is [2H]C([2H])([2H])n1cnc(C(C)Oc2cc(OCC(F)(F)F)c(Br)c3ncnc(N)c23)n1. The average molecular weight is 450 g/mol. The Balaban J connectivity index is 2.01. The number of halogens is 4. The summed E-state index contributed by atoms with van der Waals surface area (Å²) in [5.74, 6) is -0.107. The Kier molecular flexibility index (Phi) is 4.10. The van der Waals surface area contributed by atoms with Crippen molar-refractivity contribution >= 4 is 32.7 Å². The highest BCUT2D eigenvalue weighted by Crippen LogP contribution is 2.41. The van der Waals surface area contributed by atoms with Crippen molar-refractivity contribution in [3.8, 4) is 11.5 Å². The highest BCUT2D eigenvalue weighted by molar-refractivity contribution is 9.10. The molecule has 144 valence electrons. The highest BCUT2D eigenvalue weighted by atomic mass is 79.9. The second-order valence-electron chi connectivity index (χ2n) is 5.38. The van der Waals surface area contributed by atoms with E-state index in [1.54, 1.807) is 0 Å². The van der Waals surface area contributed by atoms with Crippen LogP contribution in [-0.2, 0) is 6.98 Å². The van der Waals surface area contributed by atoms with Crippen LogP contribution in [0, 0.1) is 0 Å². The summed E-state index contributed by atoms with van der Waals surface area (Å²) >= 11 is 3.17. The minimum Gasteiger partial charge on any atom is -0.483 e. The molecule has 1 unspecified atom stereocenters. The molecule has 2 N–H and O–H groups in total. The summed E-state index contributed by atoms with van der Waals surface area (Å²) in [5.41, 5.74) is 6.08. The lowest BCUT2D eigenvalue weighted by Crippen LogP contribution is -2.19. The van der Waals surface area contributed by atoms with Crippen molar-refractivity contribution in [2.24, 2.45) is 6.98 Å². The van der Waals surface area contributed by atoms with Gasteiger partial charge in [0.15, 0.2) is 18.5 Å². The van der Waals surface area contributed by atoms with Gasteiger partial charge in [0.2, 0.25) is 0 Å². The number of hydrogen-bond acceptors (Lipinski definition) is 7. The lowest BCUT2D eigenvalue weighted by Gasteiger charge is -2.18. The first-order valence-corrected chi connectivity index (χ1v) is 8.17. The van der Waals surface area contributed by atoms with Gasteiger partial charge in [-0.15, -0.1) is 0 Å². The van der Waals surface area contributed by atoms with Crippen LogP contribution in [0.1, 0.15) is 23.0 Å². The van der Waals surface area contributed by atoms with Crippen molar-refractivity contribution in [2.45, 2.75) is 19.2 Å². The molecule has 0 aliphatic heterocycles. The molecule has 0 amide bonds. The first kappa shape index (κ1) is 15.4. The van der Waals surface area contributed by atoms with E-state index >= 15 is 0 Å². The van der Waals surface area contributed by atoms with E-state index in [1.165, 1.54) is 13.0 Å². The van der Waals surface area contributed by atoms with Crippen LogP contribution < -0.4 is 15.2 Å². The molecule has 8 nitrogen and oxygen atoms in total. The van der Waals surface area contributed by atoms with Gasteiger partial charge in [0, 0.05) is 17.2 Å². The van der Waals surface area contributed by atoms with Gasteiger partial charge in [-0.3, -0.25) is 4.68 Å². The van der Waals surface area contributed by atoms with Crippen LogP contribution in [0.4, 0.5) is 19.0 Å². The molecule has 27 heavy (non-hydrogen) atoms. The van der Waals surface area contributed by atoms with Gasteiger partial charge in [-0.1, -0.05) is 0 Å². The molecule has 0 fully saturated rings. The lowest BCUT2D eigenvalue weighted by molar-refractivity contribution is -0.153. The van der Waals surface area contributed by atoms with E-state index in [4.69, 9.17) is 19.3 Å². The Morgan fingerprint density at radius 1 is 1.33 bits per heavy atom. The van der Waals surface area contributed by atoms with Crippen molar-refractivity contribution in [1.82, 2.24) is 24.7 Å². The molecule has 2 aromatic heterocycles. The number of aryl methyl sites for hydroxylation is 1. The van der Waals surface area contributed by atoms with Gasteiger partial charge in [-0.05, 0) is 22.9 Å². The standard InChI is InChI=1S/C15H14BrF3N6O2/c1-7(14-23-6-25(2)24-14)27-8-3-9(26-4-15(17,18)19)11(16)12-10(8)13(20)22-5-21-12/h3,5-7H,4H2,1-2H3,(H2,20,21,22)/i2D3. The fraction of sp³-hybridized carbons (Fsp3) is 0.333. The second-order valence-corrected chi connectivity index (χ2v) is 6.17. The molecule has 0 bridgehead atoms. The third-order valence-electron chi connectivity index (χ3n) is 3.38. The van der Waals surface area contributed by atoms with E-state index in [1.807, 2.05) is 0 Å². The summed E-state index contributed by atoms with van der Waals surface area (Å²) in [6, 6.07) is 1.20. The van der Waals surface area contributed by atoms with Gasteiger partial charge in [0.25, 0.3) is 0 Å². The Morgan fingerprint density at radius 3 is 2.78 bits per heavy atom. The van der Waals surface area contributed by atoms with E-state index in [0.717, 1.165) is 12.7 Å². The molecule has 0 saturated carbocycles. The van der Waals surface area contributed by atoms with Crippen LogP contribution in [0.5, 0.6) is 11.5 Å². The van der Waals surface area contributed by atoms with Crippen LogP contribution in [0.25, 0.3) is 10.9 Å². The maximum atomic E-state index is 12.6. The molecule has 3 rings (SSSR count). The number of anilines is 1. The first-order valence-electron chi connectivity index (χ1n) is 8.87. The van der Waals surface area contributed by atoms with Crippen molar-refractivity contribution < 1.29 is 26.8 Å². The number of ether oxygens (including phenoxy) is 2. The van der Waals surface area contributed by atoms with E-state index in [9.17, 15) is 13.2 Å². The zero-order valence-electron chi connectivity index (χ0n) is 16.7. The molecule has 1 atom stereocenters. The van der Waals surface area contributed by atoms with Crippen molar-refractivity contribution in [3.05, 3.63) is 29.0 Å². The summed E-state index contributed by atoms with van der Waals surface area (Å²) in [6.45, 7) is -2.52. The molecule has 2 heterocycles. The number of benzene rings is 1. The summed E-state index contributed by atoms with van der Waals surface area (Å²) < 4.78 is 71.3. The van der Waals surface area contributed by atoms with Gasteiger partial charge in [-0.2, -0.15) is 18.3 Å². The zero-order chi connectivity index (χ0) is 22.3. The van der Waals surface area contributed by atoms with Crippen LogP contribution in [-0.4, -0.2) is 37.5 Å². The normalized spacial score (nSPS) is 15.1. The molecule has 3 aromatic rings. The average Bonchev–Trinajstić information content (AvgIpc) is 3.13. The molecule has 0 radical (unpaired) electrons. The monoisotopic (exact) mass is 449 g/mol. The van der Waals surface area contributed by atoms with Crippen molar-refractivity contribution in [2.75, 3.05) is 12.3 Å². The van der Waals surface area contributed by atoms with Crippen LogP contribution in [0.15, 0.2) is 23.2 Å². The zero-order valence-corrected chi connectivity index (χ0v) is 15.2. The molecule has 0 saturated heterocycles. The van der Waals surface area contributed by atoms with Gasteiger partial charge in [0.05, 0.1) is 15.4 Å². The minimum atomic E-state index is -4.56. The topological polar surface area (TPSA) is 101 Å². The number of aromatic nitrogens is 5. The van der Waals surface area contributed by atoms with Crippen LogP contribution in [0.3, 0.4) is 0 Å². The van der Waals surface area contributed by atoms with E-state index < -0.39 is 25.9 Å². The maximum absolute atomic E-state index is 12.6. The van der Waals surface area contributed by atoms with Crippen molar-refractivity contribution in [3.63, 3.8) is 0 Å². The number of fused-ring (bicyclic) bond motifs is 1. The molecular formula is C15H14BrF3N6O2. The lowest BCUT2D eigenvalue weighted by atomic mass is 10.2. The Hall–Kier alpha value is -2.63. The molecule has 0 aliphatic carbocycles. The Bertz CT molecular complexity index is 1080. The quantitative estimate of drug-likeness (QED) is 0.637. The third-order valence-corrected chi connectivity index (χ3v) is 4.14. The molecule has 0 aliphatic rings. The maximum Gasteiger partial charge on any atom is 0.422 e. The van der Waals surface area contributed by atoms with E-state index in [-0.39, 0.29) is 38.5 Å². The number of nitrogen functional groups attached to an aromatic ring is 1. The van der Waals surface area contributed by atoms with E-state index in [0.29, 0.717) is 4.68 Å². The number of nitrogens with two attached hydrogens (primary N) is 1. The molecule has 12 heteroatoms. The van der Waals surface area contributed by atoms with Gasteiger partial charge in [-0.25, -0.2) is 15.0 Å². The fourth-order valence-corrected chi connectivity index (χ4v) is 2.77.